The summed E-state index contributed by atoms with van der Waals surface area (Å²) in [7, 11) is 0. The number of nitrogens with zero attached hydrogens (tertiary/aromatic N) is 2. The maximum absolute atomic E-state index is 13.0. The third-order valence-electron chi connectivity index (χ3n) is 5.06. The normalized spacial score (nSPS) is 23.4. The van der Waals surface area contributed by atoms with Crippen molar-refractivity contribution in [3.05, 3.63) is 46.4 Å². The second kappa shape index (κ2) is 6.93. The van der Waals surface area contributed by atoms with Gasteiger partial charge in [-0.15, -0.1) is 11.3 Å². The van der Waals surface area contributed by atoms with Gasteiger partial charge in [-0.05, 0) is 43.2 Å². The number of aromatic nitrogens is 1. The zero-order valence-electron chi connectivity index (χ0n) is 13.7. The number of thiazole rings is 1. The summed E-state index contributed by atoms with van der Waals surface area (Å²) in [5.41, 5.74) is 1.18. The van der Waals surface area contributed by atoms with Crippen LogP contribution in [-0.2, 0) is 4.79 Å². The summed E-state index contributed by atoms with van der Waals surface area (Å²) in [5.74, 6) is 1.47. The highest BCUT2D eigenvalue weighted by Gasteiger charge is 2.32. The molecule has 2 atom stereocenters. The number of para-hydroxylation sites is 1. The zero-order chi connectivity index (χ0) is 16.4. The van der Waals surface area contributed by atoms with Gasteiger partial charge < -0.3 is 9.64 Å². The standard InChI is InChI=1S/C19H22N2O2S/c22-18(13-14-8-11-23-17-7-2-1-5-15(14)17)21-10-4-3-6-16(21)19-20-9-12-24-19/h1-2,5,7,9,12,14,16H,3-4,6,8,10-11,13H2/t14-,16+/m0/s1. The molecule has 0 unspecified atom stereocenters. The van der Waals surface area contributed by atoms with Crippen molar-refractivity contribution in [1.29, 1.82) is 0 Å². The molecule has 0 aliphatic carbocycles. The topological polar surface area (TPSA) is 42.4 Å². The number of ether oxygens (including phenoxy) is 1. The van der Waals surface area contributed by atoms with E-state index < -0.39 is 0 Å². The van der Waals surface area contributed by atoms with Crippen molar-refractivity contribution in [3.8, 4) is 5.75 Å². The summed E-state index contributed by atoms with van der Waals surface area (Å²) in [4.78, 5) is 19.6. The van der Waals surface area contributed by atoms with Crippen LogP contribution in [0.2, 0.25) is 0 Å². The largest absolute Gasteiger partial charge is 0.493 e. The van der Waals surface area contributed by atoms with E-state index in [4.69, 9.17) is 4.74 Å². The first-order valence-electron chi connectivity index (χ1n) is 8.73. The molecule has 126 valence electrons. The van der Waals surface area contributed by atoms with Crippen molar-refractivity contribution in [2.75, 3.05) is 13.2 Å². The highest BCUT2D eigenvalue weighted by Crippen LogP contribution is 2.38. The molecular weight excluding hydrogens is 320 g/mol. The molecule has 2 aliphatic rings. The second-order valence-corrected chi connectivity index (χ2v) is 7.47. The summed E-state index contributed by atoms with van der Waals surface area (Å²) in [6.45, 7) is 1.55. The number of likely N-dealkylation sites (tertiary alicyclic amines) is 1. The summed E-state index contributed by atoms with van der Waals surface area (Å²) < 4.78 is 5.73. The van der Waals surface area contributed by atoms with E-state index in [1.165, 1.54) is 12.0 Å². The summed E-state index contributed by atoms with van der Waals surface area (Å²) in [5, 5.41) is 3.08. The van der Waals surface area contributed by atoms with Gasteiger partial charge in [0.15, 0.2) is 0 Å². The van der Waals surface area contributed by atoms with Crippen molar-refractivity contribution >= 4 is 17.2 Å². The third kappa shape index (κ3) is 3.05. The van der Waals surface area contributed by atoms with Crippen LogP contribution in [0.1, 0.15) is 54.6 Å². The molecule has 24 heavy (non-hydrogen) atoms. The summed E-state index contributed by atoms with van der Waals surface area (Å²) >= 11 is 1.66. The smallest absolute Gasteiger partial charge is 0.223 e. The molecule has 0 radical (unpaired) electrons. The van der Waals surface area contributed by atoms with Crippen LogP contribution in [0.15, 0.2) is 35.8 Å². The van der Waals surface area contributed by atoms with Crippen LogP contribution < -0.4 is 4.74 Å². The fourth-order valence-corrected chi connectivity index (χ4v) is 4.63. The van der Waals surface area contributed by atoms with Crippen LogP contribution in [0.5, 0.6) is 5.75 Å². The number of benzene rings is 1. The molecule has 0 N–H and O–H groups in total. The van der Waals surface area contributed by atoms with Crippen molar-refractivity contribution in [3.63, 3.8) is 0 Å². The van der Waals surface area contributed by atoms with Crippen molar-refractivity contribution in [2.45, 2.75) is 44.1 Å². The van der Waals surface area contributed by atoms with E-state index >= 15 is 0 Å². The minimum absolute atomic E-state index is 0.168. The average molecular weight is 342 g/mol. The predicted molar refractivity (Wildman–Crippen MR) is 94.3 cm³/mol. The van der Waals surface area contributed by atoms with Crippen LogP contribution in [0.4, 0.5) is 0 Å². The lowest BCUT2D eigenvalue weighted by molar-refractivity contribution is -0.135. The first-order valence-corrected chi connectivity index (χ1v) is 9.61. The number of fused-ring (bicyclic) bond motifs is 1. The maximum Gasteiger partial charge on any atom is 0.223 e. The molecule has 2 aliphatic heterocycles. The molecule has 2 aromatic rings. The number of carbonyl (C=O) groups excluding carboxylic acids is 1. The summed E-state index contributed by atoms with van der Waals surface area (Å²) in [6, 6.07) is 8.30. The molecule has 1 saturated heterocycles. The van der Waals surface area contributed by atoms with Crippen LogP contribution in [0.3, 0.4) is 0 Å². The van der Waals surface area contributed by atoms with Gasteiger partial charge in [0.25, 0.3) is 0 Å². The van der Waals surface area contributed by atoms with Crippen molar-refractivity contribution < 1.29 is 9.53 Å². The Labute approximate surface area is 146 Å². The van der Waals surface area contributed by atoms with Gasteiger partial charge in [-0.2, -0.15) is 0 Å². The van der Waals surface area contributed by atoms with E-state index in [1.807, 2.05) is 29.8 Å². The number of hydrogen-bond acceptors (Lipinski definition) is 4. The Morgan fingerprint density at radius 3 is 3.08 bits per heavy atom. The number of hydrogen-bond donors (Lipinski definition) is 0. The second-order valence-electron chi connectivity index (χ2n) is 6.55. The molecule has 1 fully saturated rings. The van der Waals surface area contributed by atoms with E-state index in [-0.39, 0.29) is 17.9 Å². The molecule has 0 bridgehead atoms. The SMILES string of the molecule is O=C(C[C@@H]1CCOc2ccccc21)N1CCCC[C@@H]1c1nccs1. The number of carbonyl (C=O) groups is 1. The fourth-order valence-electron chi connectivity index (χ4n) is 3.84. The molecule has 4 rings (SSSR count). The average Bonchev–Trinajstić information content (AvgIpc) is 3.16. The maximum atomic E-state index is 13.0. The van der Waals surface area contributed by atoms with Gasteiger partial charge in [-0.3, -0.25) is 4.79 Å². The lowest BCUT2D eigenvalue weighted by Gasteiger charge is -2.36. The van der Waals surface area contributed by atoms with Gasteiger partial charge in [0.2, 0.25) is 5.91 Å². The fraction of sp³-hybridized carbons (Fsp3) is 0.474. The third-order valence-corrected chi connectivity index (χ3v) is 5.94. The Hall–Kier alpha value is -1.88. The monoisotopic (exact) mass is 342 g/mol. The molecule has 1 amide bonds. The molecule has 1 aromatic carbocycles. The Bertz CT molecular complexity index is 701. The van der Waals surface area contributed by atoms with Gasteiger partial charge in [-0.1, -0.05) is 18.2 Å². The quantitative estimate of drug-likeness (QED) is 0.841. The Kier molecular flexibility index (Phi) is 4.52. The Morgan fingerprint density at radius 2 is 2.21 bits per heavy atom. The van der Waals surface area contributed by atoms with Crippen LogP contribution in [0, 0.1) is 0 Å². The van der Waals surface area contributed by atoms with Crippen molar-refractivity contribution in [1.82, 2.24) is 9.88 Å². The lowest BCUT2D eigenvalue weighted by atomic mass is 9.89. The van der Waals surface area contributed by atoms with Crippen LogP contribution in [0.25, 0.3) is 0 Å². The molecular formula is C19H22N2O2S. The first-order chi connectivity index (χ1) is 11.8. The molecule has 3 heterocycles. The Balaban J connectivity index is 1.51. The van der Waals surface area contributed by atoms with Gasteiger partial charge in [-0.25, -0.2) is 4.98 Å². The molecule has 0 saturated carbocycles. The zero-order valence-corrected chi connectivity index (χ0v) is 14.5. The first kappa shape index (κ1) is 15.6. The molecule has 5 heteroatoms. The van der Waals surface area contributed by atoms with E-state index in [0.29, 0.717) is 13.0 Å². The number of piperidine rings is 1. The number of rotatable bonds is 3. The van der Waals surface area contributed by atoms with E-state index in [0.717, 1.165) is 36.6 Å². The lowest BCUT2D eigenvalue weighted by Crippen LogP contribution is -2.39. The highest BCUT2D eigenvalue weighted by atomic mass is 32.1. The van der Waals surface area contributed by atoms with Gasteiger partial charge in [0.05, 0.1) is 12.6 Å². The van der Waals surface area contributed by atoms with Gasteiger partial charge >= 0.3 is 0 Å². The molecule has 0 spiro atoms. The summed E-state index contributed by atoms with van der Waals surface area (Å²) in [6.07, 6.45) is 6.63. The van der Waals surface area contributed by atoms with E-state index in [9.17, 15) is 4.79 Å². The van der Waals surface area contributed by atoms with Crippen LogP contribution in [-0.4, -0.2) is 28.9 Å². The highest BCUT2D eigenvalue weighted by molar-refractivity contribution is 7.09. The predicted octanol–water partition coefficient (Wildman–Crippen LogP) is 4.15. The van der Waals surface area contributed by atoms with E-state index in [1.54, 1.807) is 11.3 Å². The molecule has 1 aromatic heterocycles. The minimum Gasteiger partial charge on any atom is -0.493 e. The van der Waals surface area contributed by atoms with Gasteiger partial charge in [0.1, 0.15) is 10.8 Å². The van der Waals surface area contributed by atoms with Crippen LogP contribution >= 0.6 is 11.3 Å². The minimum atomic E-state index is 0.168. The van der Waals surface area contributed by atoms with Crippen molar-refractivity contribution in [2.24, 2.45) is 0 Å². The van der Waals surface area contributed by atoms with Gasteiger partial charge in [0, 0.05) is 24.5 Å². The Morgan fingerprint density at radius 1 is 1.29 bits per heavy atom. The number of amides is 1. The van der Waals surface area contributed by atoms with E-state index in [2.05, 4.69) is 16.0 Å². The molecule has 4 nitrogen and oxygen atoms in total.